The molecule has 11 nitrogen and oxygen atoms in total. The van der Waals surface area contributed by atoms with Gasteiger partial charge >= 0.3 is 5.69 Å². The van der Waals surface area contributed by atoms with Crippen LogP contribution in [0.15, 0.2) is 87.5 Å². The van der Waals surface area contributed by atoms with E-state index in [2.05, 4.69) is 85.0 Å². The molecule has 256 valence electrons. The van der Waals surface area contributed by atoms with Gasteiger partial charge in [-0.1, -0.05) is 48.5 Å². The number of H-pyrrole nitrogens is 2. The highest BCUT2D eigenvalue weighted by Gasteiger charge is 2.27. The molecule has 12 heteroatoms. The number of ether oxygens (including phenoxy) is 1. The molecule has 1 atom stereocenters. The van der Waals surface area contributed by atoms with Crippen molar-refractivity contribution in [3.63, 3.8) is 0 Å². The van der Waals surface area contributed by atoms with E-state index >= 15 is 0 Å². The number of benzene rings is 3. The molecule has 0 bridgehead atoms. The number of imidazole rings is 1. The standard InChI is InChI=1S/C37H43N7O4S/c45-30(24-48-32-8-4-7-31-34(32)41-36(47)40-31)22-38-27-15-19-44(20-16-27)29-11-9-25(10-12-29)21-33-35(46)42-37(49-33)39-28-13-17-43(18-14-28)23-26-5-2-1-3-6-26/h1-12,21,27-28,30,38,45H,13-20,22-24H2,(H,39,42,46)(H2,40,41,47)/b33-21-. The maximum Gasteiger partial charge on any atom is 0.323 e. The summed E-state index contributed by atoms with van der Waals surface area (Å²) in [4.78, 5) is 40.2. The number of nitrogens with zero attached hydrogens (tertiary/aromatic N) is 3. The lowest BCUT2D eigenvalue weighted by Gasteiger charge is -2.34. The minimum atomic E-state index is -0.675. The highest BCUT2D eigenvalue weighted by atomic mass is 32.2. The zero-order valence-electron chi connectivity index (χ0n) is 27.4. The molecule has 1 amide bonds. The number of rotatable bonds is 11. The van der Waals surface area contributed by atoms with Crippen molar-refractivity contribution in [3.05, 3.63) is 99.3 Å². The van der Waals surface area contributed by atoms with Gasteiger partial charge in [0.05, 0.1) is 16.5 Å². The van der Waals surface area contributed by atoms with E-state index in [0.29, 0.717) is 39.4 Å². The fourth-order valence-electron chi connectivity index (χ4n) is 6.68. The average molecular weight is 682 g/mol. The highest BCUT2D eigenvalue weighted by molar-refractivity contribution is 8.18. The van der Waals surface area contributed by atoms with E-state index in [1.807, 2.05) is 6.08 Å². The molecule has 0 saturated carbocycles. The number of carbonyl (C=O) groups excluding carboxylic acids is 1. The molecular formula is C37H43N7O4S. The van der Waals surface area contributed by atoms with Gasteiger partial charge in [0, 0.05) is 51.0 Å². The number of piperidine rings is 2. The number of carbonyl (C=O) groups is 1. The summed E-state index contributed by atoms with van der Waals surface area (Å²) in [7, 11) is 0. The minimum absolute atomic E-state index is 0.0880. The summed E-state index contributed by atoms with van der Waals surface area (Å²) in [6, 6.07) is 24.9. The van der Waals surface area contributed by atoms with Gasteiger partial charge in [-0.3, -0.25) is 14.7 Å². The van der Waals surface area contributed by atoms with Crippen molar-refractivity contribution in [2.75, 3.05) is 44.2 Å². The number of hydrogen-bond donors (Lipinski definition) is 5. The van der Waals surface area contributed by atoms with Crippen LogP contribution in [-0.2, 0) is 11.3 Å². The highest BCUT2D eigenvalue weighted by Crippen LogP contribution is 2.29. The van der Waals surface area contributed by atoms with Crippen LogP contribution < -0.4 is 26.0 Å². The molecule has 4 aromatic rings. The van der Waals surface area contributed by atoms with Gasteiger partial charge in [0.1, 0.15) is 24.0 Å². The summed E-state index contributed by atoms with van der Waals surface area (Å²) in [6.45, 7) is 5.38. The van der Waals surface area contributed by atoms with Crippen LogP contribution in [-0.4, -0.2) is 88.6 Å². The summed E-state index contributed by atoms with van der Waals surface area (Å²) in [5, 5.41) is 17.7. The van der Waals surface area contributed by atoms with Crippen molar-refractivity contribution in [2.45, 2.75) is 50.4 Å². The SMILES string of the molecule is O=C1NC(=NC2CCN(Cc3ccccc3)CC2)S/C1=C\c1ccc(N2CCC(NCC(O)COc3cccc4[nH]c(=O)[nH]c34)CC2)cc1. The molecule has 7 rings (SSSR count). The monoisotopic (exact) mass is 681 g/mol. The Kier molecular flexibility index (Phi) is 10.5. The number of amidine groups is 1. The first-order valence-corrected chi connectivity index (χ1v) is 17.9. The number of amides is 1. The van der Waals surface area contributed by atoms with Gasteiger partial charge in [0.15, 0.2) is 5.17 Å². The number of para-hydroxylation sites is 1. The molecule has 4 heterocycles. The fraction of sp³-hybridized carbons (Fsp3) is 0.378. The third kappa shape index (κ3) is 8.63. The molecule has 3 aliphatic rings. The molecule has 1 unspecified atom stereocenters. The molecule has 49 heavy (non-hydrogen) atoms. The first-order valence-electron chi connectivity index (χ1n) is 17.1. The van der Waals surface area contributed by atoms with Crippen LogP contribution >= 0.6 is 11.8 Å². The van der Waals surface area contributed by atoms with Gasteiger partial charge in [0.2, 0.25) is 0 Å². The third-order valence-corrected chi connectivity index (χ3v) is 10.3. The number of aliphatic imine (C=N–C) groups is 1. The van der Waals surface area contributed by atoms with Gasteiger partial charge in [-0.15, -0.1) is 0 Å². The number of fused-ring (bicyclic) bond motifs is 1. The Morgan fingerprint density at radius 3 is 2.49 bits per heavy atom. The molecule has 0 aliphatic carbocycles. The quantitative estimate of drug-likeness (QED) is 0.150. The van der Waals surface area contributed by atoms with Gasteiger partial charge in [-0.05, 0) is 78.9 Å². The van der Waals surface area contributed by atoms with Crippen LogP contribution in [0.1, 0.15) is 36.8 Å². The number of aromatic nitrogens is 2. The van der Waals surface area contributed by atoms with Crippen LogP contribution in [0.3, 0.4) is 0 Å². The number of aromatic amines is 2. The molecule has 5 N–H and O–H groups in total. The van der Waals surface area contributed by atoms with Crippen molar-refractivity contribution >= 4 is 45.6 Å². The second-order valence-electron chi connectivity index (χ2n) is 13.0. The van der Waals surface area contributed by atoms with E-state index in [1.165, 1.54) is 17.3 Å². The van der Waals surface area contributed by atoms with E-state index in [0.717, 1.165) is 69.7 Å². The van der Waals surface area contributed by atoms with Crippen molar-refractivity contribution < 1.29 is 14.6 Å². The summed E-state index contributed by atoms with van der Waals surface area (Å²) in [5.74, 6) is 0.450. The number of likely N-dealkylation sites (tertiary alicyclic amines) is 1. The minimum Gasteiger partial charge on any atom is -0.489 e. The Morgan fingerprint density at radius 2 is 1.71 bits per heavy atom. The lowest BCUT2D eigenvalue weighted by atomic mass is 10.0. The number of anilines is 1. The summed E-state index contributed by atoms with van der Waals surface area (Å²) in [6.07, 6.45) is 5.19. The van der Waals surface area contributed by atoms with E-state index in [9.17, 15) is 14.7 Å². The Balaban J connectivity index is 0.833. The van der Waals surface area contributed by atoms with Gasteiger partial charge < -0.3 is 35.3 Å². The average Bonchev–Trinajstić information content (AvgIpc) is 3.68. The first kappa shape index (κ1) is 33.2. The Bertz CT molecular complexity index is 1840. The molecule has 3 fully saturated rings. The normalized spacial score (nSPS) is 20.3. The smallest absolute Gasteiger partial charge is 0.323 e. The Hall–Kier alpha value is -4.36. The maximum atomic E-state index is 12.7. The van der Waals surface area contributed by atoms with Crippen molar-refractivity contribution in [1.82, 2.24) is 25.5 Å². The summed E-state index contributed by atoms with van der Waals surface area (Å²) >= 11 is 1.43. The topological polar surface area (TPSA) is 138 Å². The second kappa shape index (κ2) is 15.5. The first-order chi connectivity index (χ1) is 23.9. The fourth-order valence-corrected chi connectivity index (χ4v) is 7.57. The van der Waals surface area contributed by atoms with Crippen LogP contribution in [0.4, 0.5) is 5.69 Å². The van der Waals surface area contributed by atoms with Gasteiger partial charge in [-0.25, -0.2) is 4.79 Å². The summed E-state index contributed by atoms with van der Waals surface area (Å²) < 4.78 is 5.80. The largest absolute Gasteiger partial charge is 0.489 e. The molecule has 0 radical (unpaired) electrons. The summed E-state index contributed by atoms with van der Waals surface area (Å²) in [5.41, 5.74) is 4.49. The molecule has 1 aromatic heterocycles. The lowest BCUT2D eigenvalue weighted by Crippen LogP contribution is -2.45. The van der Waals surface area contributed by atoms with Crippen LogP contribution in [0.25, 0.3) is 17.1 Å². The van der Waals surface area contributed by atoms with Crippen molar-refractivity contribution in [2.24, 2.45) is 4.99 Å². The number of aliphatic hydroxyl groups excluding tert-OH is 1. The number of hydrogen-bond acceptors (Lipinski definition) is 9. The van der Waals surface area contributed by atoms with Crippen LogP contribution in [0, 0.1) is 0 Å². The predicted octanol–water partition coefficient (Wildman–Crippen LogP) is 4.08. The molecular weight excluding hydrogens is 639 g/mol. The Labute approximate surface area is 289 Å². The second-order valence-corrected chi connectivity index (χ2v) is 14.0. The predicted molar refractivity (Wildman–Crippen MR) is 196 cm³/mol. The van der Waals surface area contributed by atoms with E-state index in [-0.39, 0.29) is 24.2 Å². The maximum absolute atomic E-state index is 12.7. The number of nitrogens with one attached hydrogen (secondary N) is 4. The molecule has 0 spiro atoms. The molecule has 3 aliphatic heterocycles. The van der Waals surface area contributed by atoms with E-state index < -0.39 is 6.10 Å². The third-order valence-electron chi connectivity index (χ3n) is 9.39. The number of aliphatic hydroxyl groups is 1. The molecule has 3 aromatic carbocycles. The van der Waals surface area contributed by atoms with Crippen molar-refractivity contribution in [3.8, 4) is 5.75 Å². The lowest BCUT2D eigenvalue weighted by molar-refractivity contribution is -0.115. The zero-order chi connectivity index (χ0) is 33.6. The zero-order valence-corrected chi connectivity index (χ0v) is 28.3. The van der Waals surface area contributed by atoms with Gasteiger partial charge in [0.25, 0.3) is 5.91 Å². The van der Waals surface area contributed by atoms with E-state index in [4.69, 9.17) is 9.73 Å². The van der Waals surface area contributed by atoms with Crippen LogP contribution in [0.5, 0.6) is 5.75 Å². The Morgan fingerprint density at radius 1 is 0.939 bits per heavy atom. The van der Waals surface area contributed by atoms with Crippen LogP contribution in [0.2, 0.25) is 0 Å². The van der Waals surface area contributed by atoms with Gasteiger partial charge in [-0.2, -0.15) is 0 Å². The van der Waals surface area contributed by atoms with E-state index in [1.54, 1.807) is 18.2 Å². The number of thioether (sulfide) groups is 1. The molecule has 3 saturated heterocycles. The van der Waals surface area contributed by atoms with Crippen molar-refractivity contribution in [1.29, 1.82) is 0 Å².